The van der Waals surface area contributed by atoms with E-state index >= 15 is 0 Å². The van der Waals surface area contributed by atoms with Crippen LogP contribution in [0.3, 0.4) is 0 Å². The molecule has 0 unspecified atom stereocenters. The number of halogens is 4. The SMILES string of the molecule is O=C(Nc1ccc(Cl)c(C(F)(F)F)c1)N1COc2cc(OCc3ccccc3)ccc21. The first kappa shape index (κ1) is 20.9. The molecule has 3 aromatic carbocycles. The molecule has 9 heteroatoms. The van der Waals surface area contributed by atoms with Crippen LogP contribution in [-0.2, 0) is 12.8 Å². The van der Waals surface area contributed by atoms with E-state index < -0.39 is 22.8 Å². The number of hydrogen-bond donors (Lipinski definition) is 1. The summed E-state index contributed by atoms with van der Waals surface area (Å²) in [5.74, 6) is 1.00. The van der Waals surface area contributed by atoms with Crippen LogP contribution in [0.25, 0.3) is 0 Å². The summed E-state index contributed by atoms with van der Waals surface area (Å²) < 4.78 is 50.4. The van der Waals surface area contributed by atoms with Crippen molar-refractivity contribution < 1.29 is 27.4 Å². The first-order valence-corrected chi connectivity index (χ1v) is 9.58. The molecule has 1 aliphatic rings. The van der Waals surface area contributed by atoms with Gasteiger partial charge in [-0.05, 0) is 35.9 Å². The summed E-state index contributed by atoms with van der Waals surface area (Å²) in [6.07, 6.45) is -4.63. The summed E-state index contributed by atoms with van der Waals surface area (Å²) in [5, 5.41) is 2.00. The van der Waals surface area contributed by atoms with Crippen LogP contribution in [0.2, 0.25) is 5.02 Å². The van der Waals surface area contributed by atoms with Crippen molar-refractivity contribution in [1.82, 2.24) is 0 Å². The predicted molar refractivity (Wildman–Crippen MR) is 111 cm³/mol. The number of carbonyl (C=O) groups excluding carboxylic acids is 1. The van der Waals surface area contributed by atoms with Crippen molar-refractivity contribution in [2.24, 2.45) is 0 Å². The van der Waals surface area contributed by atoms with Gasteiger partial charge in [-0.1, -0.05) is 41.9 Å². The third-order valence-electron chi connectivity index (χ3n) is 4.59. The van der Waals surface area contributed by atoms with Crippen LogP contribution in [0.4, 0.5) is 29.3 Å². The maximum absolute atomic E-state index is 13.0. The Morgan fingerprint density at radius 1 is 1.10 bits per heavy atom. The summed E-state index contributed by atoms with van der Waals surface area (Å²) in [5.41, 5.74) is 0.434. The van der Waals surface area contributed by atoms with Gasteiger partial charge in [0.25, 0.3) is 0 Å². The molecule has 0 saturated heterocycles. The van der Waals surface area contributed by atoms with Crippen LogP contribution in [-0.4, -0.2) is 12.8 Å². The van der Waals surface area contributed by atoms with Crippen molar-refractivity contribution in [3.8, 4) is 11.5 Å². The first-order valence-electron chi connectivity index (χ1n) is 9.20. The average molecular weight is 449 g/mol. The molecule has 0 aliphatic carbocycles. The van der Waals surface area contributed by atoms with Crippen molar-refractivity contribution >= 4 is 29.0 Å². The van der Waals surface area contributed by atoms with Gasteiger partial charge in [-0.3, -0.25) is 4.90 Å². The molecule has 0 aromatic heterocycles. The van der Waals surface area contributed by atoms with Crippen LogP contribution < -0.4 is 19.7 Å². The minimum Gasteiger partial charge on any atom is -0.489 e. The lowest BCUT2D eigenvalue weighted by Gasteiger charge is -2.17. The molecular formula is C22H16ClF3N2O3. The van der Waals surface area contributed by atoms with E-state index in [1.807, 2.05) is 30.3 Å². The number of fused-ring (bicyclic) bond motifs is 1. The normalized spacial score (nSPS) is 12.8. The topological polar surface area (TPSA) is 50.8 Å². The smallest absolute Gasteiger partial charge is 0.417 e. The molecule has 160 valence electrons. The molecule has 0 fully saturated rings. The van der Waals surface area contributed by atoms with E-state index in [0.717, 1.165) is 17.7 Å². The Morgan fingerprint density at radius 2 is 1.87 bits per heavy atom. The van der Waals surface area contributed by atoms with Gasteiger partial charge in [0.1, 0.15) is 18.1 Å². The lowest BCUT2D eigenvalue weighted by atomic mass is 10.2. The van der Waals surface area contributed by atoms with E-state index in [1.54, 1.807) is 18.2 Å². The van der Waals surface area contributed by atoms with Gasteiger partial charge in [0.05, 0.1) is 16.3 Å². The van der Waals surface area contributed by atoms with Crippen molar-refractivity contribution in [2.75, 3.05) is 16.9 Å². The Balaban J connectivity index is 1.45. The number of anilines is 2. The van der Waals surface area contributed by atoms with E-state index in [2.05, 4.69) is 5.32 Å². The number of nitrogens with one attached hydrogen (secondary N) is 1. The second kappa shape index (κ2) is 8.39. The fraction of sp³-hybridized carbons (Fsp3) is 0.136. The summed E-state index contributed by atoms with van der Waals surface area (Å²) in [6, 6.07) is 17.2. The Hall–Kier alpha value is -3.39. The Bertz CT molecular complexity index is 1110. The molecule has 0 spiro atoms. The van der Waals surface area contributed by atoms with Gasteiger partial charge in [0.2, 0.25) is 0 Å². The molecule has 0 radical (unpaired) electrons. The van der Waals surface area contributed by atoms with Gasteiger partial charge in [0, 0.05) is 11.8 Å². The highest BCUT2D eigenvalue weighted by atomic mass is 35.5. The highest BCUT2D eigenvalue weighted by Gasteiger charge is 2.34. The molecule has 1 aliphatic heterocycles. The minimum atomic E-state index is -4.63. The second-order valence-electron chi connectivity index (χ2n) is 6.73. The summed E-state index contributed by atoms with van der Waals surface area (Å²) >= 11 is 5.62. The largest absolute Gasteiger partial charge is 0.489 e. The molecule has 0 bridgehead atoms. The van der Waals surface area contributed by atoms with Gasteiger partial charge in [-0.15, -0.1) is 0 Å². The van der Waals surface area contributed by atoms with Crippen LogP contribution in [0.5, 0.6) is 11.5 Å². The van der Waals surface area contributed by atoms with E-state index in [0.29, 0.717) is 23.8 Å². The molecule has 1 heterocycles. The number of benzene rings is 3. The average Bonchev–Trinajstić information content (AvgIpc) is 3.17. The summed E-state index contributed by atoms with van der Waals surface area (Å²) in [7, 11) is 0. The quantitative estimate of drug-likeness (QED) is 0.507. The zero-order chi connectivity index (χ0) is 22.0. The maximum Gasteiger partial charge on any atom is 0.417 e. The van der Waals surface area contributed by atoms with Gasteiger partial charge in [-0.25, -0.2) is 4.79 Å². The Kier molecular flexibility index (Phi) is 5.65. The lowest BCUT2D eigenvalue weighted by molar-refractivity contribution is -0.137. The first-order chi connectivity index (χ1) is 14.8. The molecular weight excluding hydrogens is 433 g/mol. The number of amides is 2. The highest BCUT2D eigenvalue weighted by molar-refractivity contribution is 6.31. The Labute approximate surface area is 180 Å². The van der Waals surface area contributed by atoms with Crippen molar-refractivity contribution in [3.05, 3.63) is 82.9 Å². The number of rotatable bonds is 4. The van der Waals surface area contributed by atoms with E-state index in [-0.39, 0.29) is 12.4 Å². The van der Waals surface area contributed by atoms with Crippen molar-refractivity contribution in [3.63, 3.8) is 0 Å². The number of ether oxygens (including phenoxy) is 2. The number of carbonyl (C=O) groups is 1. The molecule has 31 heavy (non-hydrogen) atoms. The monoisotopic (exact) mass is 448 g/mol. The van der Waals surface area contributed by atoms with Crippen LogP contribution >= 0.6 is 11.6 Å². The number of hydrogen-bond acceptors (Lipinski definition) is 3. The van der Waals surface area contributed by atoms with E-state index in [4.69, 9.17) is 21.1 Å². The zero-order valence-electron chi connectivity index (χ0n) is 15.9. The van der Waals surface area contributed by atoms with E-state index in [9.17, 15) is 18.0 Å². The van der Waals surface area contributed by atoms with Crippen LogP contribution in [0.15, 0.2) is 66.7 Å². The second-order valence-corrected chi connectivity index (χ2v) is 7.14. The van der Waals surface area contributed by atoms with Crippen LogP contribution in [0.1, 0.15) is 11.1 Å². The molecule has 1 N–H and O–H groups in total. The fourth-order valence-electron chi connectivity index (χ4n) is 3.05. The predicted octanol–water partition coefficient (Wildman–Crippen LogP) is 6.33. The molecule has 4 rings (SSSR count). The molecule has 0 saturated carbocycles. The van der Waals surface area contributed by atoms with Gasteiger partial charge >= 0.3 is 12.2 Å². The lowest BCUT2D eigenvalue weighted by Crippen LogP contribution is -2.34. The molecule has 0 atom stereocenters. The van der Waals surface area contributed by atoms with Crippen molar-refractivity contribution in [2.45, 2.75) is 12.8 Å². The summed E-state index contributed by atoms with van der Waals surface area (Å²) in [4.78, 5) is 13.9. The van der Waals surface area contributed by atoms with Crippen LogP contribution in [0, 0.1) is 0 Å². The van der Waals surface area contributed by atoms with Gasteiger partial charge in [0.15, 0.2) is 6.73 Å². The molecule has 5 nitrogen and oxygen atoms in total. The minimum absolute atomic E-state index is 0.0296. The zero-order valence-corrected chi connectivity index (χ0v) is 16.7. The standard InChI is InChI=1S/C22H16ClF3N2O3/c23-18-8-6-15(10-17(18)22(24,25)26)27-21(29)28-13-31-20-11-16(7-9-19(20)28)30-12-14-4-2-1-3-5-14/h1-11H,12-13H2,(H,27,29). The van der Waals surface area contributed by atoms with Crippen molar-refractivity contribution in [1.29, 1.82) is 0 Å². The third kappa shape index (κ3) is 4.69. The van der Waals surface area contributed by atoms with E-state index in [1.165, 1.54) is 11.0 Å². The highest BCUT2D eigenvalue weighted by Crippen LogP contribution is 2.38. The molecule has 2 amide bonds. The number of urea groups is 1. The fourth-order valence-corrected chi connectivity index (χ4v) is 3.27. The van der Waals surface area contributed by atoms with Gasteiger partial charge < -0.3 is 14.8 Å². The number of alkyl halides is 3. The molecule has 3 aromatic rings. The Morgan fingerprint density at radius 3 is 2.61 bits per heavy atom. The van der Waals surface area contributed by atoms with Gasteiger partial charge in [-0.2, -0.15) is 13.2 Å². The number of nitrogens with zero attached hydrogens (tertiary/aromatic N) is 1. The summed E-state index contributed by atoms with van der Waals surface area (Å²) in [6.45, 7) is 0.297. The maximum atomic E-state index is 13.0. The third-order valence-corrected chi connectivity index (χ3v) is 4.92.